The monoisotopic (exact) mass is 297 g/mol. The summed E-state index contributed by atoms with van der Waals surface area (Å²) in [6.45, 7) is 7.97. The first-order chi connectivity index (χ1) is 9.34. The van der Waals surface area contributed by atoms with Crippen molar-refractivity contribution in [2.75, 3.05) is 13.6 Å². The van der Waals surface area contributed by atoms with Crippen LogP contribution in [0.2, 0.25) is 5.15 Å². The van der Waals surface area contributed by atoms with Crippen molar-refractivity contribution in [3.05, 3.63) is 16.4 Å². The molecule has 1 aliphatic rings. The van der Waals surface area contributed by atoms with Gasteiger partial charge in [-0.05, 0) is 63.5 Å². The van der Waals surface area contributed by atoms with E-state index in [2.05, 4.69) is 38.2 Å². The zero-order valence-electron chi connectivity index (χ0n) is 13.5. The molecular weight excluding hydrogens is 270 g/mol. The molecule has 0 aromatic carbocycles. The predicted molar refractivity (Wildman–Crippen MR) is 85.2 cm³/mol. The van der Waals surface area contributed by atoms with Crippen LogP contribution in [0.1, 0.15) is 44.4 Å². The van der Waals surface area contributed by atoms with Gasteiger partial charge in [-0.3, -0.25) is 4.68 Å². The highest BCUT2D eigenvalue weighted by Crippen LogP contribution is 2.43. The minimum absolute atomic E-state index is 0.456. The molecule has 2 unspecified atom stereocenters. The maximum atomic E-state index is 6.41. The fraction of sp³-hybridized carbons (Fsp3) is 0.812. The van der Waals surface area contributed by atoms with Crippen molar-refractivity contribution in [2.45, 2.75) is 46.5 Å². The first-order valence-electron chi connectivity index (χ1n) is 7.66. The van der Waals surface area contributed by atoms with Crippen LogP contribution in [0.15, 0.2) is 0 Å². The van der Waals surface area contributed by atoms with E-state index >= 15 is 0 Å². The first-order valence-corrected chi connectivity index (χ1v) is 8.04. The first kappa shape index (κ1) is 15.8. The fourth-order valence-electron chi connectivity index (χ4n) is 3.73. The summed E-state index contributed by atoms with van der Waals surface area (Å²) >= 11 is 6.41. The Morgan fingerprint density at radius 3 is 2.65 bits per heavy atom. The number of aryl methyl sites for hydroxylation is 2. The van der Waals surface area contributed by atoms with E-state index in [1.54, 1.807) is 4.68 Å². The fourth-order valence-corrected chi connectivity index (χ4v) is 3.98. The van der Waals surface area contributed by atoms with Crippen molar-refractivity contribution >= 4 is 11.6 Å². The van der Waals surface area contributed by atoms with Gasteiger partial charge in [0.15, 0.2) is 0 Å². The molecule has 1 saturated carbocycles. The van der Waals surface area contributed by atoms with Crippen molar-refractivity contribution in [3.63, 3.8) is 0 Å². The van der Waals surface area contributed by atoms with Crippen LogP contribution >= 0.6 is 11.6 Å². The number of hydrogen-bond acceptors (Lipinski definition) is 2. The Morgan fingerprint density at radius 2 is 2.10 bits per heavy atom. The number of hydrogen-bond donors (Lipinski definition) is 1. The van der Waals surface area contributed by atoms with Crippen LogP contribution in [0, 0.1) is 24.2 Å². The molecule has 1 aromatic rings. The Bertz CT molecular complexity index is 465. The van der Waals surface area contributed by atoms with E-state index < -0.39 is 0 Å². The third-order valence-electron chi connectivity index (χ3n) is 4.88. The van der Waals surface area contributed by atoms with Crippen molar-refractivity contribution in [2.24, 2.45) is 24.3 Å². The highest BCUT2D eigenvalue weighted by Gasteiger charge is 2.35. The summed E-state index contributed by atoms with van der Waals surface area (Å²) in [5.41, 5.74) is 2.79. The van der Waals surface area contributed by atoms with Crippen LogP contribution in [0.25, 0.3) is 0 Å². The molecule has 0 spiro atoms. The van der Waals surface area contributed by atoms with Gasteiger partial charge in [0.1, 0.15) is 5.15 Å². The van der Waals surface area contributed by atoms with Crippen molar-refractivity contribution in [1.29, 1.82) is 0 Å². The van der Waals surface area contributed by atoms with Crippen molar-refractivity contribution in [1.82, 2.24) is 15.1 Å². The molecule has 0 radical (unpaired) electrons. The molecule has 1 fully saturated rings. The number of aromatic nitrogens is 2. The van der Waals surface area contributed by atoms with Gasteiger partial charge in [-0.15, -0.1) is 0 Å². The summed E-state index contributed by atoms with van der Waals surface area (Å²) < 4.78 is 1.80. The lowest BCUT2D eigenvalue weighted by molar-refractivity contribution is 0.117. The van der Waals surface area contributed by atoms with Crippen LogP contribution in [-0.2, 0) is 13.5 Å². The molecular formula is C16H28ClN3. The van der Waals surface area contributed by atoms with Gasteiger partial charge in [0, 0.05) is 12.6 Å². The van der Waals surface area contributed by atoms with Gasteiger partial charge in [0.2, 0.25) is 0 Å². The molecule has 114 valence electrons. The normalized spacial score (nSPS) is 25.9. The topological polar surface area (TPSA) is 29.9 Å². The summed E-state index contributed by atoms with van der Waals surface area (Å²) in [6.07, 6.45) is 4.99. The maximum absolute atomic E-state index is 6.41. The minimum Gasteiger partial charge on any atom is -0.319 e. The second kappa shape index (κ2) is 6.07. The third-order valence-corrected chi connectivity index (χ3v) is 5.35. The predicted octanol–water partition coefficient (Wildman–Crippen LogP) is 3.59. The zero-order valence-corrected chi connectivity index (χ0v) is 14.2. The van der Waals surface area contributed by atoms with E-state index in [1.165, 1.54) is 24.8 Å². The average Bonchev–Trinajstić information content (AvgIpc) is 2.59. The molecule has 2 rings (SSSR count). The molecule has 1 aromatic heterocycles. The summed E-state index contributed by atoms with van der Waals surface area (Å²) in [4.78, 5) is 0. The Labute approximate surface area is 128 Å². The largest absolute Gasteiger partial charge is 0.319 e. The Kier molecular flexibility index (Phi) is 4.80. The zero-order chi connectivity index (χ0) is 14.9. The van der Waals surface area contributed by atoms with Gasteiger partial charge < -0.3 is 5.32 Å². The molecule has 0 saturated heterocycles. The number of nitrogens with zero attached hydrogens (tertiary/aromatic N) is 2. The summed E-state index contributed by atoms with van der Waals surface area (Å²) in [5.74, 6) is 1.45. The van der Waals surface area contributed by atoms with E-state index in [1.807, 2.05) is 7.05 Å². The lowest BCUT2D eigenvalue weighted by atomic mass is 9.65. The lowest BCUT2D eigenvalue weighted by Gasteiger charge is -2.41. The van der Waals surface area contributed by atoms with Gasteiger partial charge in [-0.1, -0.05) is 25.4 Å². The molecule has 1 aliphatic carbocycles. The van der Waals surface area contributed by atoms with Gasteiger partial charge >= 0.3 is 0 Å². The quantitative estimate of drug-likeness (QED) is 0.920. The second-order valence-electron chi connectivity index (χ2n) is 7.17. The SMILES string of the molecule is CNCC1CCC(C)(C)CC1Cc1c(C)nn(C)c1Cl. The van der Waals surface area contributed by atoms with Crippen LogP contribution in [0.4, 0.5) is 0 Å². The van der Waals surface area contributed by atoms with E-state index in [4.69, 9.17) is 11.6 Å². The smallest absolute Gasteiger partial charge is 0.130 e. The Hall–Kier alpha value is -0.540. The van der Waals surface area contributed by atoms with Crippen molar-refractivity contribution < 1.29 is 0 Å². The standard InChI is InChI=1S/C16H28ClN3/c1-11-14(15(17)20(5)19-11)8-13-9-16(2,3)7-6-12(13)10-18-4/h12-13,18H,6-10H2,1-5H3. The Morgan fingerprint density at radius 1 is 1.40 bits per heavy atom. The molecule has 1 N–H and O–H groups in total. The van der Waals surface area contributed by atoms with Crippen LogP contribution < -0.4 is 5.32 Å². The summed E-state index contributed by atoms with van der Waals surface area (Å²) in [6, 6.07) is 0. The highest BCUT2D eigenvalue weighted by molar-refractivity contribution is 6.30. The highest BCUT2D eigenvalue weighted by atomic mass is 35.5. The van der Waals surface area contributed by atoms with E-state index in [9.17, 15) is 0 Å². The number of rotatable bonds is 4. The van der Waals surface area contributed by atoms with Crippen molar-refractivity contribution in [3.8, 4) is 0 Å². The molecule has 4 heteroatoms. The molecule has 3 nitrogen and oxygen atoms in total. The van der Waals surface area contributed by atoms with E-state index in [0.717, 1.165) is 29.7 Å². The lowest BCUT2D eigenvalue weighted by Crippen LogP contribution is -2.36. The second-order valence-corrected chi connectivity index (χ2v) is 7.53. The van der Waals surface area contributed by atoms with Gasteiger partial charge in [0.25, 0.3) is 0 Å². The summed E-state index contributed by atoms with van der Waals surface area (Å²) in [5, 5.41) is 8.63. The van der Waals surface area contributed by atoms with Crippen LogP contribution in [0.3, 0.4) is 0 Å². The van der Waals surface area contributed by atoms with E-state index in [0.29, 0.717) is 11.3 Å². The minimum atomic E-state index is 0.456. The average molecular weight is 298 g/mol. The van der Waals surface area contributed by atoms with Gasteiger partial charge in [-0.2, -0.15) is 5.10 Å². The molecule has 0 aliphatic heterocycles. The van der Waals surface area contributed by atoms with Crippen LogP contribution in [-0.4, -0.2) is 23.4 Å². The van der Waals surface area contributed by atoms with Gasteiger partial charge in [0.05, 0.1) is 5.69 Å². The number of nitrogens with one attached hydrogen (secondary N) is 1. The maximum Gasteiger partial charge on any atom is 0.130 e. The summed E-state index contributed by atoms with van der Waals surface area (Å²) in [7, 11) is 3.98. The van der Waals surface area contributed by atoms with Gasteiger partial charge in [-0.25, -0.2) is 0 Å². The Balaban J connectivity index is 2.18. The number of halogens is 1. The molecule has 20 heavy (non-hydrogen) atoms. The molecule has 0 bridgehead atoms. The third kappa shape index (κ3) is 3.37. The molecule has 0 amide bonds. The van der Waals surface area contributed by atoms with E-state index in [-0.39, 0.29) is 0 Å². The molecule has 1 heterocycles. The molecule has 2 atom stereocenters. The van der Waals surface area contributed by atoms with Crippen LogP contribution in [0.5, 0.6) is 0 Å².